The van der Waals surface area contributed by atoms with Gasteiger partial charge in [0.1, 0.15) is 0 Å². The van der Waals surface area contributed by atoms with Crippen molar-refractivity contribution in [2.45, 2.75) is 55.5 Å². The summed E-state index contributed by atoms with van der Waals surface area (Å²) in [4.78, 5) is 0. The van der Waals surface area contributed by atoms with Crippen LogP contribution < -0.4 is 0 Å². The van der Waals surface area contributed by atoms with Gasteiger partial charge in [0.2, 0.25) is 0 Å². The molecule has 1 saturated carbocycles. The predicted molar refractivity (Wildman–Crippen MR) is 97.7 cm³/mol. The van der Waals surface area contributed by atoms with Crippen molar-refractivity contribution in [2.75, 3.05) is 0 Å². The Bertz CT molecular complexity index is 550. The molecule has 0 radical (unpaired) electrons. The van der Waals surface area contributed by atoms with E-state index in [4.69, 9.17) is 0 Å². The molecule has 0 amide bonds. The summed E-state index contributed by atoms with van der Waals surface area (Å²) in [5.74, 6) is 1.36. The number of aliphatic hydroxyl groups excluding tert-OH is 1. The van der Waals surface area contributed by atoms with Gasteiger partial charge < -0.3 is 5.11 Å². The van der Waals surface area contributed by atoms with Gasteiger partial charge in [-0.2, -0.15) is 0 Å². The molecular formula is C19H25IO. The number of alkyl halides is 1. The number of aryl methyl sites for hydroxylation is 1. The molecule has 4 rings (SSSR count). The van der Waals surface area contributed by atoms with Crippen LogP contribution in [-0.4, -0.2) is 14.6 Å². The fourth-order valence-corrected chi connectivity index (χ4v) is 5.80. The summed E-state index contributed by atoms with van der Waals surface area (Å²) in [7, 11) is 0. The van der Waals surface area contributed by atoms with Crippen molar-refractivity contribution in [1.29, 1.82) is 0 Å². The number of halogens is 1. The minimum atomic E-state index is -0.104. The van der Waals surface area contributed by atoms with Crippen LogP contribution in [0.25, 0.3) is 5.57 Å². The molecule has 0 aliphatic heterocycles. The first-order valence-electron chi connectivity index (χ1n) is 8.35. The first-order chi connectivity index (χ1) is 10.2. The van der Waals surface area contributed by atoms with Crippen molar-refractivity contribution >= 4 is 28.2 Å². The van der Waals surface area contributed by atoms with Crippen LogP contribution in [-0.2, 0) is 6.42 Å². The van der Waals surface area contributed by atoms with Crippen LogP contribution in [0.1, 0.15) is 50.7 Å². The summed E-state index contributed by atoms with van der Waals surface area (Å²) in [6.07, 6.45) is 8.04. The smallest absolute Gasteiger partial charge is 0.0691 e. The van der Waals surface area contributed by atoms with E-state index in [0.29, 0.717) is 11.8 Å². The van der Waals surface area contributed by atoms with Gasteiger partial charge in [-0.25, -0.2) is 0 Å². The largest absolute Gasteiger partial charge is 0.392 e. The molecule has 1 aromatic rings. The molecule has 21 heavy (non-hydrogen) atoms. The molecule has 0 aromatic heterocycles. The van der Waals surface area contributed by atoms with Crippen molar-refractivity contribution in [1.82, 2.24) is 0 Å². The highest BCUT2D eigenvalue weighted by Crippen LogP contribution is 2.57. The monoisotopic (exact) mass is 396 g/mol. The molecule has 1 aromatic carbocycles. The lowest BCUT2D eigenvalue weighted by Crippen LogP contribution is -2.43. The summed E-state index contributed by atoms with van der Waals surface area (Å²) in [5, 5.41) is 10.3. The third-order valence-electron chi connectivity index (χ3n) is 5.49. The lowest BCUT2D eigenvalue weighted by Gasteiger charge is -2.44. The fraction of sp³-hybridized carbons (Fsp3) is 0.579. The maximum Gasteiger partial charge on any atom is 0.0691 e. The third-order valence-corrected chi connectivity index (χ3v) is 7.45. The molecule has 1 nitrogen and oxygen atoms in total. The molecule has 3 unspecified atom stereocenters. The van der Waals surface area contributed by atoms with Crippen LogP contribution in [0, 0.1) is 11.8 Å². The van der Waals surface area contributed by atoms with Gasteiger partial charge in [-0.15, -0.1) is 0 Å². The number of hydrogen-bond donors (Lipinski definition) is 1. The van der Waals surface area contributed by atoms with Gasteiger partial charge in [0.15, 0.2) is 0 Å². The van der Waals surface area contributed by atoms with Crippen molar-refractivity contribution in [3.05, 3.63) is 41.5 Å². The first kappa shape index (κ1) is 15.5. The van der Waals surface area contributed by atoms with E-state index in [9.17, 15) is 5.11 Å². The molecule has 0 bridgehead atoms. The Labute approximate surface area is 142 Å². The second-order valence-electron chi connectivity index (χ2n) is 6.29. The van der Waals surface area contributed by atoms with Gasteiger partial charge in [-0.05, 0) is 60.6 Å². The van der Waals surface area contributed by atoms with Crippen LogP contribution in [0.4, 0.5) is 0 Å². The van der Waals surface area contributed by atoms with E-state index in [1.54, 1.807) is 5.57 Å². The Hall–Kier alpha value is -0.350. The van der Waals surface area contributed by atoms with Crippen LogP contribution >= 0.6 is 22.6 Å². The van der Waals surface area contributed by atoms with E-state index in [1.807, 2.05) is 13.8 Å². The van der Waals surface area contributed by atoms with Crippen LogP contribution in [0.2, 0.25) is 0 Å². The van der Waals surface area contributed by atoms with Crippen LogP contribution in [0.15, 0.2) is 30.3 Å². The van der Waals surface area contributed by atoms with Gasteiger partial charge in [0, 0.05) is 0 Å². The molecule has 3 aliphatic carbocycles. The van der Waals surface area contributed by atoms with E-state index in [2.05, 4.69) is 52.9 Å². The molecule has 3 aliphatic rings. The summed E-state index contributed by atoms with van der Waals surface area (Å²) >= 11 is 2.56. The van der Waals surface area contributed by atoms with Gasteiger partial charge in [0.25, 0.3) is 0 Å². The number of aliphatic hydroxyl groups is 1. The van der Waals surface area contributed by atoms with Crippen molar-refractivity contribution in [3.8, 4) is 0 Å². The van der Waals surface area contributed by atoms with E-state index in [-0.39, 0.29) is 9.53 Å². The van der Waals surface area contributed by atoms with Gasteiger partial charge in [-0.1, -0.05) is 66.8 Å². The number of hydrogen-bond acceptors (Lipinski definition) is 1. The van der Waals surface area contributed by atoms with Crippen molar-refractivity contribution < 1.29 is 5.11 Å². The molecule has 4 atom stereocenters. The Balaban J connectivity index is 0.000000636. The molecule has 1 fully saturated rings. The molecule has 1 N–H and O–H groups in total. The molecule has 0 spiro atoms. The quantitative estimate of drug-likeness (QED) is 0.483. The second kappa shape index (κ2) is 6.04. The predicted octanol–water partition coefficient (Wildman–Crippen LogP) is 5.01. The SMILES string of the molecule is CC.OC1CCC2C3CCc4ccccc4C3=CC[C@]12I. The fourth-order valence-electron chi connectivity index (χ4n) is 4.52. The normalized spacial score (nSPS) is 36.6. The molecule has 114 valence electrons. The highest BCUT2D eigenvalue weighted by molar-refractivity contribution is 14.1. The molecule has 0 saturated heterocycles. The van der Waals surface area contributed by atoms with E-state index < -0.39 is 0 Å². The summed E-state index contributed by atoms with van der Waals surface area (Å²) in [5.41, 5.74) is 4.58. The van der Waals surface area contributed by atoms with Crippen LogP contribution in [0.3, 0.4) is 0 Å². The standard InChI is InChI=1S/C17H19IO.C2H6/c18-17-10-9-13-12-4-2-1-3-11(12)5-6-14(13)15(17)7-8-16(17)19;1-2/h1-4,9,14-16,19H,5-8,10H2;1-2H3/t14?,15?,16?,17-;/m1./s1. The highest BCUT2D eigenvalue weighted by Gasteiger charge is 2.53. The van der Waals surface area contributed by atoms with Gasteiger partial charge >= 0.3 is 0 Å². The topological polar surface area (TPSA) is 20.2 Å². The number of allylic oxidation sites excluding steroid dienone is 2. The second-order valence-corrected chi connectivity index (χ2v) is 8.30. The minimum absolute atomic E-state index is 0.104. The zero-order valence-corrected chi connectivity index (χ0v) is 15.1. The molecule has 0 heterocycles. The Morgan fingerprint density at radius 3 is 2.71 bits per heavy atom. The van der Waals surface area contributed by atoms with Gasteiger partial charge in [0.05, 0.1) is 9.53 Å². The van der Waals surface area contributed by atoms with E-state index in [0.717, 1.165) is 12.8 Å². The molecule has 2 heteroatoms. The van der Waals surface area contributed by atoms with E-state index in [1.165, 1.54) is 30.4 Å². The van der Waals surface area contributed by atoms with E-state index >= 15 is 0 Å². The third kappa shape index (κ3) is 2.39. The summed E-state index contributed by atoms with van der Waals surface area (Å²) < 4.78 is 0.109. The lowest BCUT2D eigenvalue weighted by atomic mass is 9.66. The first-order valence-corrected chi connectivity index (χ1v) is 9.43. The van der Waals surface area contributed by atoms with Crippen LogP contribution in [0.5, 0.6) is 0 Å². The van der Waals surface area contributed by atoms with Gasteiger partial charge in [-0.3, -0.25) is 0 Å². The summed E-state index contributed by atoms with van der Waals surface area (Å²) in [6, 6.07) is 8.89. The maximum atomic E-state index is 10.3. The maximum absolute atomic E-state index is 10.3. The lowest BCUT2D eigenvalue weighted by molar-refractivity contribution is 0.137. The Morgan fingerprint density at radius 1 is 1.14 bits per heavy atom. The Kier molecular flexibility index (Phi) is 4.47. The summed E-state index contributed by atoms with van der Waals surface area (Å²) in [6.45, 7) is 4.00. The zero-order chi connectivity index (χ0) is 15.0. The van der Waals surface area contributed by atoms with Crippen molar-refractivity contribution in [2.24, 2.45) is 11.8 Å². The average Bonchev–Trinajstić information content (AvgIpc) is 2.85. The highest BCUT2D eigenvalue weighted by atomic mass is 127. The minimum Gasteiger partial charge on any atom is -0.392 e. The number of rotatable bonds is 0. The van der Waals surface area contributed by atoms with Crippen molar-refractivity contribution in [3.63, 3.8) is 0 Å². The number of benzene rings is 1. The zero-order valence-electron chi connectivity index (χ0n) is 13.0. The number of fused-ring (bicyclic) bond motifs is 5. The molecular weight excluding hydrogens is 371 g/mol. The average molecular weight is 396 g/mol. The Morgan fingerprint density at radius 2 is 1.90 bits per heavy atom.